The Labute approximate surface area is 188 Å². The van der Waals surface area contributed by atoms with Gasteiger partial charge in [-0.2, -0.15) is 13.2 Å². The van der Waals surface area contributed by atoms with Gasteiger partial charge >= 0.3 is 6.18 Å². The van der Waals surface area contributed by atoms with Crippen molar-refractivity contribution in [3.8, 4) is 0 Å². The number of aromatic nitrogens is 1. The number of hydrogen-bond acceptors (Lipinski definition) is 5. The van der Waals surface area contributed by atoms with E-state index in [-0.39, 0.29) is 24.1 Å². The first kappa shape index (κ1) is 22.7. The summed E-state index contributed by atoms with van der Waals surface area (Å²) in [6, 6.07) is 4.71. The van der Waals surface area contributed by atoms with Gasteiger partial charge in [0.25, 0.3) is 5.91 Å². The van der Waals surface area contributed by atoms with Crippen LogP contribution in [0.3, 0.4) is 0 Å². The molecule has 10 heteroatoms. The summed E-state index contributed by atoms with van der Waals surface area (Å²) in [4.78, 5) is 32.2. The molecule has 2 heterocycles. The van der Waals surface area contributed by atoms with Crippen LogP contribution >= 0.6 is 11.3 Å². The van der Waals surface area contributed by atoms with Crippen LogP contribution in [-0.4, -0.2) is 53.4 Å². The van der Waals surface area contributed by atoms with Crippen LogP contribution in [0.2, 0.25) is 0 Å². The number of thiazole rings is 1. The second-order valence-electron chi connectivity index (χ2n) is 8.39. The topological polar surface area (TPSA) is 74.3 Å². The number of nitrogens with zero attached hydrogens (tertiary/aromatic N) is 2. The lowest BCUT2D eigenvalue weighted by Crippen LogP contribution is -2.63. The molecule has 0 bridgehead atoms. The van der Waals surface area contributed by atoms with E-state index in [0.717, 1.165) is 50.9 Å². The van der Waals surface area contributed by atoms with Gasteiger partial charge in [-0.15, -0.1) is 11.3 Å². The Morgan fingerprint density at radius 2 is 1.91 bits per heavy atom. The van der Waals surface area contributed by atoms with Gasteiger partial charge in [-0.05, 0) is 49.8 Å². The number of likely N-dealkylation sites (tertiary alicyclic amines) is 1. The maximum absolute atomic E-state index is 12.8. The van der Waals surface area contributed by atoms with Crippen LogP contribution in [0.5, 0.6) is 0 Å². The quantitative estimate of drug-likeness (QED) is 0.684. The first-order valence-electron chi connectivity index (χ1n) is 10.7. The molecule has 172 valence electrons. The normalized spacial score (nSPS) is 22.2. The Balaban J connectivity index is 1.15. The number of amides is 2. The maximum Gasteiger partial charge on any atom is 0.416 e. The molecule has 1 saturated heterocycles. The number of carbonyl (C=O) groups is 2. The van der Waals surface area contributed by atoms with Crippen molar-refractivity contribution in [1.82, 2.24) is 20.5 Å². The third kappa shape index (κ3) is 5.47. The van der Waals surface area contributed by atoms with Crippen molar-refractivity contribution >= 4 is 23.2 Å². The molecule has 2 fully saturated rings. The van der Waals surface area contributed by atoms with Crippen molar-refractivity contribution in [1.29, 1.82) is 0 Å². The van der Waals surface area contributed by atoms with Gasteiger partial charge in [-0.25, -0.2) is 0 Å². The fourth-order valence-corrected chi connectivity index (χ4v) is 5.23. The average molecular weight is 467 g/mol. The molecule has 2 amide bonds. The number of carbonyl (C=O) groups excluding carboxylic acids is 2. The van der Waals surface area contributed by atoms with Crippen LogP contribution in [0.4, 0.5) is 13.2 Å². The summed E-state index contributed by atoms with van der Waals surface area (Å²) in [5, 5.41) is 5.26. The molecule has 2 N–H and O–H groups in total. The van der Waals surface area contributed by atoms with Crippen molar-refractivity contribution in [2.75, 3.05) is 19.6 Å². The summed E-state index contributed by atoms with van der Waals surface area (Å²) in [6.07, 6.45) is 2.03. The molecule has 1 aromatic carbocycles. The van der Waals surface area contributed by atoms with Crippen molar-refractivity contribution in [2.45, 2.75) is 49.9 Å². The molecule has 1 saturated carbocycles. The highest BCUT2D eigenvalue weighted by Gasteiger charge is 2.35. The van der Waals surface area contributed by atoms with E-state index in [9.17, 15) is 22.8 Å². The van der Waals surface area contributed by atoms with E-state index in [4.69, 9.17) is 0 Å². The Kier molecular flexibility index (Phi) is 6.80. The molecule has 2 aromatic rings. The van der Waals surface area contributed by atoms with E-state index in [1.54, 1.807) is 11.3 Å². The zero-order valence-corrected chi connectivity index (χ0v) is 18.2. The highest BCUT2D eigenvalue weighted by molar-refractivity contribution is 7.09. The van der Waals surface area contributed by atoms with Crippen LogP contribution in [0.1, 0.15) is 52.4 Å². The standard InChI is InChI=1S/C22H25F3N4O2S/c23-22(24,25)16-3-1-2-15(8-16)21(31)27-10-20(30)28-17-11-29(12-17)18-6-4-14(5-7-18)19-9-26-13-32-19/h1-3,8-9,13-14,17-18H,4-7,10-12H2,(H,27,31)(H,28,30). The summed E-state index contributed by atoms with van der Waals surface area (Å²) in [5.74, 6) is -0.445. The van der Waals surface area contributed by atoms with Crippen LogP contribution in [0, 0.1) is 0 Å². The van der Waals surface area contributed by atoms with Crippen LogP contribution in [0.15, 0.2) is 36.0 Å². The van der Waals surface area contributed by atoms with Crippen molar-refractivity contribution in [2.24, 2.45) is 0 Å². The molecule has 0 spiro atoms. The molecular formula is C22H25F3N4O2S. The average Bonchev–Trinajstić information content (AvgIpc) is 3.29. The maximum atomic E-state index is 12.8. The number of nitrogens with one attached hydrogen (secondary N) is 2. The fourth-order valence-electron chi connectivity index (χ4n) is 4.43. The van der Waals surface area contributed by atoms with E-state index >= 15 is 0 Å². The van der Waals surface area contributed by atoms with Gasteiger partial charge in [0.1, 0.15) is 0 Å². The molecule has 6 nitrogen and oxygen atoms in total. The summed E-state index contributed by atoms with van der Waals surface area (Å²) < 4.78 is 38.3. The Bertz CT molecular complexity index is 937. The number of hydrogen-bond donors (Lipinski definition) is 2. The molecular weight excluding hydrogens is 441 g/mol. The van der Waals surface area contributed by atoms with E-state index in [0.29, 0.717) is 12.0 Å². The largest absolute Gasteiger partial charge is 0.416 e. The fraction of sp³-hybridized carbons (Fsp3) is 0.500. The van der Waals surface area contributed by atoms with E-state index < -0.39 is 17.6 Å². The highest BCUT2D eigenvalue weighted by Crippen LogP contribution is 2.37. The summed E-state index contributed by atoms with van der Waals surface area (Å²) in [6.45, 7) is 1.29. The van der Waals surface area contributed by atoms with Gasteiger partial charge in [0.2, 0.25) is 5.91 Å². The number of halogens is 3. The van der Waals surface area contributed by atoms with Gasteiger partial charge in [0, 0.05) is 35.8 Å². The predicted molar refractivity (Wildman–Crippen MR) is 114 cm³/mol. The molecule has 1 aromatic heterocycles. The van der Waals surface area contributed by atoms with Crippen molar-refractivity contribution < 1.29 is 22.8 Å². The van der Waals surface area contributed by atoms with Crippen molar-refractivity contribution in [3.05, 3.63) is 52.0 Å². The summed E-state index contributed by atoms with van der Waals surface area (Å²) in [5.41, 5.74) is 0.855. The number of rotatable bonds is 6. The lowest BCUT2D eigenvalue weighted by atomic mass is 9.83. The minimum atomic E-state index is -4.52. The third-order valence-electron chi connectivity index (χ3n) is 6.20. The molecule has 1 aliphatic carbocycles. The van der Waals surface area contributed by atoms with Gasteiger partial charge in [-0.1, -0.05) is 6.07 Å². The van der Waals surface area contributed by atoms with Gasteiger partial charge in [0.15, 0.2) is 0 Å². The lowest BCUT2D eigenvalue weighted by molar-refractivity contribution is -0.137. The van der Waals surface area contributed by atoms with Crippen LogP contribution in [0.25, 0.3) is 0 Å². The van der Waals surface area contributed by atoms with Gasteiger partial charge < -0.3 is 10.6 Å². The Hall–Kier alpha value is -2.46. The monoisotopic (exact) mass is 466 g/mol. The lowest BCUT2D eigenvalue weighted by Gasteiger charge is -2.46. The van der Waals surface area contributed by atoms with Crippen molar-refractivity contribution in [3.63, 3.8) is 0 Å². The molecule has 2 aliphatic rings. The Morgan fingerprint density at radius 3 is 2.56 bits per heavy atom. The first-order valence-corrected chi connectivity index (χ1v) is 11.5. The molecule has 32 heavy (non-hydrogen) atoms. The van der Waals surface area contributed by atoms with Gasteiger partial charge in [-0.3, -0.25) is 19.5 Å². The zero-order chi connectivity index (χ0) is 22.7. The predicted octanol–water partition coefficient (Wildman–Crippen LogP) is 3.42. The minimum Gasteiger partial charge on any atom is -0.349 e. The molecule has 0 unspecified atom stereocenters. The Morgan fingerprint density at radius 1 is 1.16 bits per heavy atom. The SMILES string of the molecule is O=C(CNC(=O)c1cccc(C(F)(F)F)c1)NC1CN(C2CCC(c3cncs3)CC2)C1. The summed E-state index contributed by atoms with van der Waals surface area (Å²) in [7, 11) is 0. The smallest absolute Gasteiger partial charge is 0.349 e. The summed E-state index contributed by atoms with van der Waals surface area (Å²) >= 11 is 1.72. The second-order valence-corrected chi connectivity index (χ2v) is 9.31. The highest BCUT2D eigenvalue weighted by atomic mass is 32.1. The van der Waals surface area contributed by atoms with E-state index in [2.05, 4.69) is 20.5 Å². The molecule has 0 atom stereocenters. The number of benzene rings is 1. The zero-order valence-electron chi connectivity index (χ0n) is 17.4. The third-order valence-corrected chi connectivity index (χ3v) is 7.14. The second kappa shape index (κ2) is 9.58. The molecule has 4 rings (SSSR count). The van der Waals surface area contributed by atoms with E-state index in [1.807, 2.05) is 11.7 Å². The van der Waals surface area contributed by atoms with E-state index in [1.165, 1.54) is 17.0 Å². The van der Waals surface area contributed by atoms with Crippen LogP contribution < -0.4 is 10.6 Å². The van der Waals surface area contributed by atoms with Gasteiger partial charge in [0.05, 0.1) is 23.7 Å². The number of alkyl halides is 3. The molecule has 1 aliphatic heterocycles. The minimum absolute atomic E-state index is 0.0344. The first-order chi connectivity index (χ1) is 15.3. The van der Waals surface area contributed by atoms with Crippen LogP contribution in [-0.2, 0) is 11.0 Å². The molecule has 0 radical (unpaired) electrons.